The highest BCUT2D eigenvalue weighted by molar-refractivity contribution is 7.99. The van der Waals surface area contributed by atoms with Crippen molar-refractivity contribution in [3.63, 3.8) is 0 Å². The average Bonchev–Trinajstić information content (AvgIpc) is 1.82. The van der Waals surface area contributed by atoms with Gasteiger partial charge in [0.1, 0.15) is 43.1 Å². The lowest BCUT2D eigenvalue weighted by atomic mass is 9.91. The van der Waals surface area contributed by atoms with Gasteiger partial charge in [0.25, 0.3) is 24.8 Å². The van der Waals surface area contributed by atoms with Gasteiger partial charge in [-0.3, -0.25) is 67.7 Å². The zero-order valence-corrected chi connectivity index (χ0v) is 54.5. The van der Waals surface area contributed by atoms with Crippen LogP contribution in [0.5, 0.6) is 5.75 Å². The van der Waals surface area contributed by atoms with Crippen molar-refractivity contribution in [1.29, 1.82) is 5.26 Å². The molecule has 28 heteroatoms. The second-order valence-corrected chi connectivity index (χ2v) is 25.4. The molecule has 6 rings (SSSR count). The number of hydrogen-bond donors (Lipinski definition) is 6. The summed E-state index contributed by atoms with van der Waals surface area (Å²) in [6, 6.07) is 15.1. The fourth-order valence-electron chi connectivity index (χ4n) is 11.5. The van der Waals surface area contributed by atoms with E-state index in [4.69, 9.17) is 14.2 Å². The number of amides is 6. The van der Waals surface area contributed by atoms with Crippen LogP contribution in [0.15, 0.2) is 54.7 Å². The number of carboxylic acids is 1. The SMILES string of the molecule is Cc1ccc(CCCC(=O)NCCCC[C@H](NC(=O)CN2CCN(COC=O)CCN(COC=O)CCN(CC(=O)O)CC2)C(=O)NCCSC[C@@H](O)C(=O)N2CCC(CCCCOc3ccc4nccc(C(=O)NCC(=O)N5CC(C)(F)C[C@@H]5C#N)c4c3)CC2)cc1. The number of aliphatic hydroxyl groups excluding tert-OH is 1. The lowest BCUT2D eigenvalue weighted by Gasteiger charge is -2.33. The van der Waals surface area contributed by atoms with Gasteiger partial charge in [0.2, 0.25) is 23.6 Å². The normalized spacial score (nSPS) is 18.8. The quantitative estimate of drug-likeness (QED) is 0.0360. The Morgan fingerprint density at radius 2 is 1.47 bits per heavy atom. The van der Waals surface area contributed by atoms with Crippen LogP contribution in [-0.2, 0) is 54.3 Å². The van der Waals surface area contributed by atoms with Crippen LogP contribution in [0, 0.1) is 24.2 Å². The van der Waals surface area contributed by atoms with Crippen molar-refractivity contribution < 1.29 is 72.0 Å². The van der Waals surface area contributed by atoms with Gasteiger partial charge >= 0.3 is 5.97 Å². The number of aryl methyl sites for hydroxylation is 2. The lowest BCUT2D eigenvalue weighted by molar-refractivity contribution is -0.140. The third kappa shape index (κ3) is 26.8. The maximum absolute atomic E-state index is 14.6. The van der Waals surface area contributed by atoms with Crippen molar-refractivity contribution in [1.82, 2.24) is 55.7 Å². The molecular weight excluding hydrogens is 1220 g/mol. The van der Waals surface area contributed by atoms with Gasteiger partial charge in [-0.2, -0.15) is 17.0 Å². The summed E-state index contributed by atoms with van der Waals surface area (Å²) >= 11 is 1.32. The topological polar surface area (TPSA) is 326 Å². The molecule has 0 spiro atoms. The number of nitrogens with zero attached hydrogens (tertiary/aromatic N) is 8. The molecule has 3 aliphatic heterocycles. The minimum atomic E-state index is -1.68. The molecule has 6 N–H and O–H groups in total. The third-order valence-electron chi connectivity index (χ3n) is 16.8. The zero-order chi connectivity index (χ0) is 67.0. The number of aliphatic hydroxyl groups is 1. The number of ether oxygens (including phenoxy) is 3. The Kier molecular flexibility index (Phi) is 31.9. The molecule has 0 aliphatic carbocycles. The van der Waals surface area contributed by atoms with E-state index in [1.807, 2.05) is 39.8 Å². The zero-order valence-electron chi connectivity index (χ0n) is 53.7. The Morgan fingerprint density at radius 1 is 0.806 bits per heavy atom. The van der Waals surface area contributed by atoms with Gasteiger partial charge in [-0.1, -0.05) is 36.2 Å². The lowest BCUT2D eigenvalue weighted by Crippen LogP contribution is -2.52. The van der Waals surface area contributed by atoms with Crippen molar-refractivity contribution in [2.45, 2.75) is 115 Å². The number of aliphatic carboxylic acids is 1. The van der Waals surface area contributed by atoms with Crippen LogP contribution in [0.2, 0.25) is 0 Å². The van der Waals surface area contributed by atoms with Crippen molar-refractivity contribution in [3.8, 4) is 11.8 Å². The van der Waals surface area contributed by atoms with E-state index in [1.165, 1.54) is 30.4 Å². The Labute approximate surface area is 547 Å². The summed E-state index contributed by atoms with van der Waals surface area (Å²) in [7, 11) is 0. The van der Waals surface area contributed by atoms with Crippen LogP contribution in [0.25, 0.3) is 10.9 Å². The van der Waals surface area contributed by atoms with Gasteiger partial charge in [-0.15, -0.1) is 0 Å². The number of hydrogen-bond acceptors (Lipinski definition) is 20. The summed E-state index contributed by atoms with van der Waals surface area (Å²) in [5.74, 6) is -1.93. The summed E-state index contributed by atoms with van der Waals surface area (Å²) in [6.07, 6.45) is 7.51. The summed E-state index contributed by atoms with van der Waals surface area (Å²) in [5.41, 5.74) is 1.50. The Balaban J connectivity index is 0.919. The van der Waals surface area contributed by atoms with Crippen molar-refractivity contribution >= 4 is 77.0 Å². The molecule has 510 valence electrons. The molecule has 4 atom stereocenters. The number of rotatable bonds is 36. The minimum absolute atomic E-state index is 0.0102. The Bertz CT molecular complexity index is 2950. The number of likely N-dealkylation sites (tertiary alicyclic amines) is 2. The molecular formula is C65H93FN12O14S. The first-order valence-electron chi connectivity index (χ1n) is 32.2. The second-order valence-electron chi connectivity index (χ2n) is 24.3. The molecule has 3 aliphatic rings. The molecule has 0 saturated carbocycles. The van der Waals surface area contributed by atoms with E-state index in [9.17, 15) is 63.0 Å². The van der Waals surface area contributed by atoms with Gasteiger partial charge in [0.05, 0.1) is 49.9 Å². The number of nitriles is 1. The first-order valence-corrected chi connectivity index (χ1v) is 33.3. The standard InChI is InChI=1S/C65H93FN12O14S/c1-48-12-14-49(15-13-48)9-7-11-58(82)69-21-5-3-10-56(72-59(83)40-73-26-27-74(41-61(85)86)29-31-76(45-91-47-80)33-32-75(30-28-73)44-90-46-79)63(88)70-23-35-93-42-57(81)64(89)77-24-19-50(20-25-77)8-4-6-34-92-52-16-17-55-54(36-52)53(18-22-68-55)62(87)71-39-60(84)78-43-65(2,66)37-51(78)38-67/h12-18,22,36,46-47,50-51,56-57,81H,3-11,19-21,23-35,37,39-45H2,1-2H3,(H,69,82)(H,70,88)(H,71,87)(H,72,83)(H,85,86)/t51-,56+,57-,65?/m1/s1. The molecule has 6 amide bonds. The molecule has 3 aromatic rings. The third-order valence-corrected chi connectivity index (χ3v) is 17.9. The first-order chi connectivity index (χ1) is 44.8. The van der Waals surface area contributed by atoms with Crippen LogP contribution in [0.4, 0.5) is 4.39 Å². The number of nitrogens with one attached hydrogen (secondary N) is 4. The van der Waals surface area contributed by atoms with E-state index in [1.54, 1.807) is 34.1 Å². The minimum Gasteiger partial charge on any atom is -0.494 e. The summed E-state index contributed by atoms with van der Waals surface area (Å²) in [4.78, 5) is 129. The van der Waals surface area contributed by atoms with Crippen LogP contribution in [0.1, 0.15) is 99.0 Å². The molecule has 0 bridgehead atoms. The number of carbonyl (C=O) groups excluding carboxylic acids is 8. The van der Waals surface area contributed by atoms with E-state index in [0.717, 1.165) is 49.0 Å². The first kappa shape index (κ1) is 74.5. The molecule has 4 heterocycles. The van der Waals surface area contributed by atoms with E-state index >= 15 is 0 Å². The number of carbonyl (C=O) groups is 9. The van der Waals surface area contributed by atoms with Gasteiger partial charge in [0, 0.05) is 114 Å². The molecule has 3 fully saturated rings. The number of carboxylic acid groups (broad SMARTS) is 1. The summed E-state index contributed by atoms with van der Waals surface area (Å²) < 4.78 is 30.7. The molecule has 1 unspecified atom stereocenters. The number of unbranched alkanes of at least 4 members (excludes halogenated alkanes) is 2. The van der Waals surface area contributed by atoms with Crippen LogP contribution in [-0.4, -0.2) is 259 Å². The van der Waals surface area contributed by atoms with Gasteiger partial charge in [-0.25, -0.2) is 4.39 Å². The number of aromatic nitrogens is 1. The van der Waals surface area contributed by atoms with E-state index in [2.05, 4.69) is 38.4 Å². The van der Waals surface area contributed by atoms with Crippen LogP contribution in [0.3, 0.4) is 0 Å². The van der Waals surface area contributed by atoms with Crippen molar-refractivity contribution in [2.24, 2.45) is 5.92 Å². The van der Waals surface area contributed by atoms with Crippen LogP contribution >= 0.6 is 11.8 Å². The van der Waals surface area contributed by atoms with E-state index in [-0.39, 0.29) is 88.7 Å². The number of piperidine rings is 1. The average molecular weight is 1320 g/mol. The highest BCUT2D eigenvalue weighted by atomic mass is 32.2. The van der Waals surface area contributed by atoms with E-state index in [0.29, 0.717) is 132 Å². The largest absolute Gasteiger partial charge is 0.494 e. The molecule has 93 heavy (non-hydrogen) atoms. The number of fused-ring (bicyclic) bond motifs is 1. The maximum Gasteiger partial charge on any atom is 0.317 e. The highest BCUT2D eigenvalue weighted by Crippen LogP contribution is 2.30. The summed E-state index contributed by atoms with van der Waals surface area (Å²) in [6.45, 7) is 7.79. The predicted molar refractivity (Wildman–Crippen MR) is 345 cm³/mol. The summed E-state index contributed by atoms with van der Waals surface area (Å²) in [5, 5.41) is 42.0. The van der Waals surface area contributed by atoms with Gasteiger partial charge in [0.15, 0.2) is 0 Å². The molecule has 1 aromatic heterocycles. The van der Waals surface area contributed by atoms with Crippen molar-refractivity contribution in [3.05, 3.63) is 71.4 Å². The predicted octanol–water partition coefficient (Wildman–Crippen LogP) is 2.49. The molecule has 3 saturated heterocycles. The smallest absolute Gasteiger partial charge is 0.317 e. The fraction of sp³-hybridized carbons (Fsp3) is 0.615. The molecule has 2 aromatic carbocycles. The van der Waals surface area contributed by atoms with Crippen LogP contribution < -0.4 is 26.0 Å². The Morgan fingerprint density at radius 3 is 2.13 bits per heavy atom. The monoisotopic (exact) mass is 1320 g/mol. The fourth-order valence-corrected chi connectivity index (χ4v) is 12.3. The van der Waals surface area contributed by atoms with Crippen molar-refractivity contribution in [2.75, 3.05) is 136 Å². The van der Waals surface area contributed by atoms with Gasteiger partial charge < -0.3 is 55.5 Å². The highest BCUT2D eigenvalue weighted by Gasteiger charge is 2.43. The number of benzene rings is 2. The second kappa shape index (κ2) is 39.9. The number of pyridine rings is 1. The Hall–Kier alpha value is -7.55. The molecule has 0 radical (unpaired) electrons. The number of halogens is 1. The number of thioether (sulfide) groups is 1. The van der Waals surface area contributed by atoms with E-state index < -0.39 is 60.0 Å². The van der Waals surface area contributed by atoms with Gasteiger partial charge in [-0.05, 0) is 107 Å². The number of alkyl halides is 1. The molecule has 26 nitrogen and oxygen atoms in total. The maximum atomic E-state index is 14.6.